The summed E-state index contributed by atoms with van der Waals surface area (Å²) in [6, 6.07) is 5.74. The molecule has 2 N–H and O–H groups in total. The number of nitrogens with zero attached hydrogens (tertiary/aromatic N) is 5. The van der Waals surface area contributed by atoms with Crippen LogP contribution in [0.3, 0.4) is 0 Å². The molecule has 4 aromatic rings. The lowest BCUT2D eigenvalue weighted by atomic mass is 9.94. The van der Waals surface area contributed by atoms with Gasteiger partial charge in [-0.1, -0.05) is 13.0 Å². The average molecular weight is 594 g/mol. The Labute approximate surface area is 247 Å². The van der Waals surface area contributed by atoms with E-state index in [0.717, 1.165) is 19.4 Å². The van der Waals surface area contributed by atoms with Crippen LogP contribution in [0.1, 0.15) is 45.1 Å². The van der Waals surface area contributed by atoms with Crippen LogP contribution >= 0.6 is 0 Å². The van der Waals surface area contributed by atoms with Gasteiger partial charge < -0.3 is 19.8 Å². The lowest BCUT2D eigenvalue weighted by Crippen LogP contribution is -2.43. The predicted molar refractivity (Wildman–Crippen MR) is 157 cm³/mol. The smallest absolute Gasteiger partial charge is 0.319 e. The number of aromatic nitrogens is 3. The van der Waals surface area contributed by atoms with E-state index < -0.39 is 28.9 Å². The summed E-state index contributed by atoms with van der Waals surface area (Å²) >= 11 is 0. The number of anilines is 1. The van der Waals surface area contributed by atoms with Crippen LogP contribution < -0.4 is 9.64 Å². The van der Waals surface area contributed by atoms with Crippen molar-refractivity contribution in [1.29, 1.82) is 0 Å². The summed E-state index contributed by atoms with van der Waals surface area (Å²) in [6.07, 6.45) is 3.52. The minimum atomic E-state index is -0.950. The van der Waals surface area contributed by atoms with Gasteiger partial charge in [0.05, 0.1) is 16.5 Å². The Morgan fingerprint density at radius 1 is 1.14 bits per heavy atom. The second kappa shape index (κ2) is 10.2. The van der Waals surface area contributed by atoms with Gasteiger partial charge in [-0.15, -0.1) is 0 Å². The Kier molecular flexibility index (Phi) is 6.66. The van der Waals surface area contributed by atoms with Gasteiger partial charge in [0.15, 0.2) is 5.82 Å². The molecular formula is C32H34F3N5O3. The summed E-state index contributed by atoms with van der Waals surface area (Å²) in [5.74, 6) is -0.910. The molecule has 2 aromatic heterocycles. The van der Waals surface area contributed by atoms with Crippen LogP contribution in [0, 0.1) is 11.6 Å². The summed E-state index contributed by atoms with van der Waals surface area (Å²) < 4.78 is 52.1. The number of fused-ring (bicyclic) bond motifs is 3. The van der Waals surface area contributed by atoms with Crippen molar-refractivity contribution < 1.29 is 28.1 Å². The molecule has 8 nitrogen and oxygen atoms in total. The van der Waals surface area contributed by atoms with E-state index in [1.807, 2.05) is 11.8 Å². The Morgan fingerprint density at radius 2 is 1.98 bits per heavy atom. The number of phenolic OH excluding ortho intramolecular Hbond substituents is 1. The van der Waals surface area contributed by atoms with Crippen molar-refractivity contribution in [3.63, 3.8) is 0 Å². The van der Waals surface area contributed by atoms with E-state index in [2.05, 4.69) is 19.9 Å². The molecule has 3 atom stereocenters. The first-order valence-corrected chi connectivity index (χ1v) is 14.9. The number of aliphatic hydroxyl groups is 1. The molecule has 0 saturated carbocycles. The van der Waals surface area contributed by atoms with Crippen LogP contribution in [0.2, 0.25) is 0 Å². The summed E-state index contributed by atoms with van der Waals surface area (Å²) in [6.45, 7) is 5.66. The maximum Gasteiger partial charge on any atom is 0.319 e. The number of halogens is 3. The quantitative estimate of drug-likeness (QED) is 0.311. The van der Waals surface area contributed by atoms with E-state index in [0.29, 0.717) is 59.9 Å². The molecule has 2 aromatic carbocycles. The van der Waals surface area contributed by atoms with E-state index in [1.165, 1.54) is 24.4 Å². The number of phenols is 1. The van der Waals surface area contributed by atoms with Gasteiger partial charge >= 0.3 is 6.01 Å². The number of aromatic hydroxyl groups is 1. The molecular weight excluding hydrogens is 559 g/mol. The third kappa shape index (κ3) is 4.73. The predicted octanol–water partition coefficient (Wildman–Crippen LogP) is 5.31. The molecule has 3 saturated heterocycles. The maximum atomic E-state index is 16.6. The van der Waals surface area contributed by atoms with Gasteiger partial charge in [0.1, 0.15) is 41.4 Å². The van der Waals surface area contributed by atoms with Gasteiger partial charge in [-0.05, 0) is 73.7 Å². The SMILES string of the molecule is CCc1c(F)ccc2cc(O)cc(-c3ncc4c(N5CCC(C)(O)C5)nc(OC[C@@]56CCCN5C[C@H](F)C6)nc4c3F)c12. The molecule has 226 valence electrons. The molecule has 7 rings (SSSR count). The van der Waals surface area contributed by atoms with Crippen molar-refractivity contribution in [2.75, 3.05) is 37.7 Å². The highest BCUT2D eigenvalue weighted by Crippen LogP contribution is 2.42. The topological polar surface area (TPSA) is 94.8 Å². The fourth-order valence-electron chi connectivity index (χ4n) is 7.32. The highest BCUT2D eigenvalue weighted by molar-refractivity contribution is 6.01. The number of pyridine rings is 1. The number of rotatable bonds is 6. The number of β-amino-alcohol motifs (C(OH)–C–C–N with tert-alkyl or cyclic N) is 1. The lowest BCUT2D eigenvalue weighted by Gasteiger charge is -2.31. The number of ether oxygens (including phenoxy) is 1. The fraction of sp³-hybridized carbons (Fsp3) is 0.469. The fourth-order valence-corrected chi connectivity index (χ4v) is 7.32. The number of alkyl halides is 1. The van der Waals surface area contributed by atoms with Crippen molar-refractivity contribution >= 4 is 27.5 Å². The average Bonchev–Trinajstić information content (AvgIpc) is 3.62. The monoisotopic (exact) mass is 593 g/mol. The maximum absolute atomic E-state index is 16.6. The second-order valence-electron chi connectivity index (χ2n) is 12.5. The van der Waals surface area contributed by atoms with E-state index in [-0.39, 0.29) is 41.7 Å². The van der Waals surface area contributed by atoms with E-state index in [4.69, 9.17) is 4.74 Å². The summed E-state index contributed by atoms with van der Waals surface area (Å²) in [7, 11) is 0. The molecule has 0 radical (unpaired) electrons. The molecule has 0 bridgehead atoms. The van der Waals surface area contributed by atoms with E-state index in [1.54, 1.807) is 13.0 Å². The van der Waals surface area contributed by atoms with Gasteiger partial charge in [0.25, 0.3) is 0 Å². The Balaban J connectivity index is 1.38. The van der Waals surface area contributed by atoms with Crippen LogP contribution in [0.25, 0.3) is 32.9 Å². The molecule has 5 heterocycles. The van der Waals surface area contributed by atoms with Crippen molar-refractivity contribution in [3.05, 3.63) is 47.7 Å². The van der Waals surface area contributed by atoms with Crippen molar-refractivity contribution in [2.45, 2.75) is 63.3 Å². The van der Waals surface area contributed by atoms with E-state index in [9.17, 15) is 19.0 Å². The summed E-state index contributed by atoms with van der Waals surface area (Å²) in [5.41, 5.74) is -0.888. The molecule has 0 aliphatic carbocycles. The standard InChI is InChI=1S/C32H34F3N5O3/c1-3-21-24(34)6-5-18-11-20(41)12-22(25(18)21)27-26(35)28-23(14-36-27)29(39-10-8-31(2,42)16-39)38-30(37-28)43-17-32-7-4-9-40(32)15-19(33)13-32/h5-6,11-12,14,19,41-42H,3-4,7-10,13,15-17H2,1-2H3/t19-,31?,32+/m1/s1. The Hall–Kier alpha value is -3.70. The normalized spacial score (nSPS) is 25.7. The Morgan fingerprint density at radius 3 is 2.74 bits per heavy atom. The first-order valence-electron chi connectivity index (χ1n) is 14.9. The van der Waals surface area contributed by atoms with Crippen LogP contribution in [-0.4, -0.2) is 80.2 Å². The zero-order valence-corrected chi connectivity index (χ0v) is 24.2. The van der Waals surface area contributed by atoms with Gasteiger partial charge in [-0.25, -0.2) is 13.2 Å². The molecule has 11 heteroatoms. The van der Waals surface area contributed by atoms with Crippen LogP contribution in [0.15, 0.2) is 30.5 Å². The number of benzene rings is 2. The molecule has 3 fully saturated rings. The first kappa shape index (κ1) is 28.1. The Bertz CT molecular complexity index is 1750. The minimum Gasteiger partial charge on any atom is -0.508 e. The van der Waals surface area contributed by atoms with Crippen molar-refractivity contribution in [2.24, 2.45) is 0 Å². The molecule has 3 aliphatic heterocycles. The van der Waals surface area contributed by atoms with Crippen molar-refractivity contribution in [1.82, 2.24) is 19.9 Å². The zero-order valence-electron chi connectivity index (χ0n) is 24.2. The minimum absolute atomic E-state index is 0.0435. The van der Waals surface area contributed by atoms with Gasteiger partial charge in [-0.3, -0.25) is 9.88 Å². The lowest BCUT2D eigenvalue weighted by molar-refractivity contribution is 0.0838. The summed E-state index contributed by atoms with van der Waals surface area (Å²) in [4.78, 5) is 17.6. The number of hydrogen-bond acceptors (Lipinski definition) is 8. The van der Waals surface area contributed by atoms with Gasteiger partial charge in [-0.2, -0.15) is 9.97 Å². The molecule has 1 unspecified atom stereocenters. The third-order valence-electron chi connectivity index (χ3n) is 9.39. The second-order valence-corrected chi connectivity index (χ2v) is 12.5. The molecule has 0 amide bonds. The number of aryl methyl sites for hydroxylation is 1. The molecule has 0 spiro atoms. The van der Waals surface area contributed by atoms with Gasteiger partial charge in [0.2, 0.25) is 0 Å². The first-order chi connectivity index (χ1) is 20.6. The largest absolute Gasteiger partial charge is 0.508 e. The molecule has 3 aliphatic rings. The van der Waals surface area contributed by atoms with Crippen LogP contribution in [-0.2, 0) is 6.42 Å². The van der Waals surface area contributed by atoms with Crippen LogP contribution in [0.4, 0.5) is 19.0 Å². The third-order valence-corrected chi connectivity index (χ3v) is 9.39. The summed E-state index contributed by atoms with van der Waals surface area (Å²) in [5, 5.41) is 22.6. The zero-order chi connectivity index (χ0) is 30.1. The van der Waals surface area contributed by atoms with Gasteiger partial charge in [0, 0.05) is 37.8 Å². The highest BCUT2D eigenvalue weighted by atomic mass is 19.1. The van der Waals surface area contributed by atoms with E-state index >= 15 is 4.39 Å². The molecule has 43 heavy (non-hydrogen) atoms. The number of hydrogen-bond donors (Lipinski definition) is 2. The highest BCUT2D eigenvalue weighted by Gasteiger charge is 2.49. The van der Waals surface area contributed by atoms with Crippen molar-refractivity contribution in [3.8, 4) is 23.0 Å². The van der Waals surface area contributed by atoms with Crippen LogP contribution in [0.5, 0.6) is 11.8 Å².